The van der Waals surface area contributed by atoms with E-state index in [9.17, 15) is 0 Å². The van der Waals surface area contributed by atoms with E-state index in [-0.39, 0.29) is 0 Å². The van der Waals surface area contributed by atoms with Crippen molar-refractivity contribution in [3.63, 3.8) is 0 Å². The van der Waals surface area contributed by atoms with Gasteiger partial charge in [-0.05, 0) is 31.2 Å². The highest BCUT2D eigenvalue weighted by Crippen LogP contribution is 2.24. The summed E-state index contributed by atoms with van der Waals surface area (Å²) < 4.78 is 1.21. The van der Waals surface area contributed by atoms with Crippen molar-refractivity contribution < 1.29 is 0 Å². The minimum Gasteiger partial charge on any atom is -0.379 e. The maximum atomic E-state index is 4.44. The van der Waals surface area contributed by atoms with Crippen LogP contribution in [0.2, 0.25) is 0 Å². The minimum absolute atomic E-state index is 0.700. The summed E-state index contributed by atoms with van der Waals surface area (Å²) in [7, 11) is 0. The zero-order valence-corrected chi connectivity index (χ0v) is 10.7. The monoisotopic (exact) mass is 256 g/mol. The molecule has 2 aromatic heterocycles. The van der Waals surface area contributed by atoms with Gasteiger partial charge >= 0.3 is 0 Å². The first-order chi connectivity index (χ1) is 8.81. The Bertz CT molecular complexity index is 663. The summed E-state index contributed by atoms with van der Waals surface area (Å²) in [5, 5.41) is 4.45. The van der Waals surface area contributed by atoms with Crippen molar-refractivity contribution in [3.05, 3.63) is 47.5 Å². The van der Waals surface area contributed by atoms with Crippen LogP contribution in [0.15, 0.2) is 36.8 Å². The summed E-state index contributed by atoms with van der Waals surface area (Å²) in [6.07, 6.45) is 3.31. The number of rotatable bonds is 3. The molecule has 0 bridgehead atoms. The molecule has 3 aromatic rings. The number of hydrogen-bond donors (Lipinski definition) is 1. The number of thiazole rings is 1. The highest BCUT2D eigenvalue weighted by atomic mass is 32.1. The molecule has 18 heavy (non-hydrogen) atoms. The molecule has 0 amide bonds. The Morgan fingerprint density at radius 3 is 3.06 bits per heavy atom. The van der Waals surface area contributed by atoms with Gasteiger partial charge in [0, 0.05) is 11.9 Å². The second kappa shape index (κ2) is 4.70. The van der Waals surface area contributed by atoms with Gasteiger partial charge in [-0.1, -0.05) is 0 Å². The quantitative estimate of drug-likeness (QED) is 0.782. The van der Waals surface area contributed by atoms with Gasteiger partial charge in [-0.15, -0.1) is 11.3 Å². The van der Waals surface area contributed by atoms with Crippen LogP contribution in [0.1, 0.15) is 10.7 Å². The summed E-state index contributed by atoms with van der Waals surface area (Å²) in [4.78, 5) is 12.5. The van der Waals surface area contributed by atoms with Gasteiger partial charge in [-0.2, -0.15) is 0 Å². The van der Waals surface area contributed by atoms with E-state index >= 15 is 0 Å². The van der Waals surface area contributed by atoms with E-state index in [4.69, 9.17) is 0 Å². The summed E-state index contributed by atoms with van der Waals surface area (Å²) >= 11 is 1.71. The smallest absolute Gasteiger partial charge is 0.115 e. The van der Waals surface area contributed by atoms with Crippen molar-refractivity contribution in [3.8, 4) is 0 Å². The third kappa shape index (κ3) is 2.31. The molecule has 0 unspecified atom stereocenters. The first-order valence-corrected chi connectivity index (χ1v) is 6.49. The number of hydrogen-bond acceptors (Lipinski definition) is 5. The number of fused-ring (bicyclic) bond motifs is 1. The van der Waals surface area contributed by atoms with E-state index in [2.05, 4.69) is 26.3 Å². The van der Waals surface area contributed by atoms with E-state index in [0.29, 0.717) is 6.54 Å². The topological polar surface area (TPSA) is 50.7 Å². The van der Waals surface area contributed by atoms with Gasteiger partial charge in [0.05, 0.1) is 27.5 Å². The van der Waals surface area contributed by atoms with Crippen LogP contribution in [0, 0.1) is 6.92 Å². The van der Waals surface area contributed by atoms with E-state index in [1.54, 1.807) is 23.9 Å². The van der Waals surface area contributed by atoms with Gasteiger partial charge in [-0.25, -0.2) is 15.0 Å². The third-order valence-electron chi connectivity index (χ3n) is 2.61. The standard InChI is InChI=1S/C13H12N4S/c1-9-17-12-3-2-10(6-13(12)18-9)15-7-11-4-5-14-8-16-11/h2-6,8,15H,7H2,1H3. The van der Waals surface area contributed by atoms with Crippen LogP contribution in [0.25, 0.3) is 10.2 Å². The predicted molar refractivity (Wildman–Crippen MR) is 73.7 cm³/mol. The SMILES string of the molecule is Cc1nc2ccc(NCc3ccncn3)cc2s1. The van der Waals surface area contributed by atoms with Crippen LogP contribution in [-0.4, -0.2) is 15.0 Å². The average Bonchev–Trinajstić information content (AvgIpc) is 2.77. The molecule has 0 aliphatic rings. The van der Waals surface area contributed by atoms with E-state index < -0.39 is 0 Å². The molecule has 4 nitrogen and oxygen atoms in total. The zero-order chi connectivity index (χ0) is 12.4. The lowest BCUT2D eigenvalue weighted by atomic mass is 10.3. The molecule has 0 saturated heterocycles. The molecular weight excluding hydrogens is 244 g/mol. The van der Waals surface area contributed by atoms with Gasteiger partial charge in [0.15, 0.2) is 0 Å². The minimum atomic E-state index is 0.700. The summed E-state index contributed by atoms with van der Waals surface area (Å²) in [5.74, 6) is 0. The van der Waals surface area contributed by atoms with E-state index in [0.717, 1.165) is 21.9 Å². The molecule has 0 atom stereocenters. The van der Waals surface area contributed by atoms with Crippen LogP contribution in [0.3, 0.4) is 0 Å². The van der Waals surface area contributed by atoms with Crippen LogP contribution in [-0.2, 0) is 6.54 Å². The van der Waals surface area contributed by atoms with Gasteiger partial charge in [0.1, 0.15) is 6.33 Å². The Kier molecular flexibility index (Phi) is 2.90. The molecule has 0 radical (unpaired) electrons. The lowest BCUT2D eigenvalue weighted by Crippen LogP contribution is -2.01. The normalized spacial score (nSPS) is 10.7. The Hall–Kier alpha value is -2.01. The molecule has 0 saturated carbocycles. The predicted octanol–water partition coefficient (Wildman–Crippen LogP) is 3.01. The molecule has 0 aliphatic carbocycles. The van der Waals surface area contributed by atoms with Crippen LogP contribution >= 0.6 is 11.3 Å². The molecule has 1 N–H and O–H groups in total. The number of benzene rings is 1. The van der Waals surface area contributed by atoms with E-state index in [1.807, 2.05) is 25.1 Å². The second-order valence-electron chi connectivity index (χ2n) is 3.97. The third-order valence-corrected chi connectivity index (χ3v) is 3.55. The van der Waals surface area contributed by atoms with Crippen molar-refractivity contribution in [1.29, 1.82) is 0 Å². The molecular formula is C13H12N4S. The lowest BCUT2D eigenvalue weighted by Gasteiger charge is -2.05. The number of anilines is 1. The highest BCUT2D eigenvalue weighted by molar-refractivity contribution is 7.18. The van der Waals surface area contributed by atoms with Gasteiger partial charge in [-0.3, -0.25) is 0 Å². The van der Waals surface area contributed by atoms with Crippen molar-refractivity contribution >= 4 is 27.2 Å². The zero-order valence-electron chi connectivity index (χ0n) is 9.92. The Balaban J connectivity index is 1.78. The maximum absolute atomic E-state index is 4.44. The van der Waals surface area contributed by atoms with Crippen LogP contribution in [0.5, 0.6) is 0 Å². The highest BCUT2D eigenvalue weighted by Gasteiger charge is 2.01. The fraction of sp³-hybridized carbons (Fsp3) is 0.154. The van der Waals surface area contributed by atoms with Crippen LogP contribution in [0.4, 0.5) is 5.69 Å². The fourth-order valence-corrected chi connectivity index (χ4v) is 2.63. The Labute approximate surface area is 109 Å². The van der Waals surface area contributed by atoms with Gasteiger partial charge < -0.3 is 5.32 Å². The Morgan fingerprint density at radius 2 is 2.22 bits per heavy atom. The Morgan fingerprint density at radius 1 is 1.28 bits per heavy atom. The first kappa shape index (κ1) is 11.1. The summed E-state index contributed by atoms with van der Waals surface area (Å²) in [5.41, 5.74) is 3.13. The maximum Gasteiger partial charge on any atom is 0.115 e. The molecule has 0 spiro atoms. The van der Waals surface area contributed by atoms with Crippen molar-refractivity contribution in [2.75, 3.05) is 5.32 Å². The molecule has 1 aromatic carbocycles. The van der Waals surface area contributed by atoms with Crippen molar-refractivity contribution in [2.24, 2.45) is 0 Å². The molecule has 3 rings (SSSR count). The van der Waals surface area contributed by atoms with Crippen molar-refractivity contribution in [2.45, 2.75) is 13.5 Å². The molecule has 90 valence electrons. The van der Waals surface area contributed by atoms with E-state index in [1.165, 1.54) is 4.70 Å². The number of nitrogens with one attached hydrogen (secondary N) is 1. The fourth-order valence-electron chi connectivity index (χ4n) is 1.77. The molecule has 0 fully saturated rings. The largest absolute Gasteiger partial charge is 0.379 e. The molecule has 0 aliphatic heterocycles. The first-order valence-electron chi connectivity index (χ1n) is 5.67. The van der Waals surface area contributed by atoms with Crippen molar-refractivity contribution in [1.82, 2.24) is 15.0 Å². The number of aryl methyl sites for hydroxylation is 1. The lowest BCUT2D eigenvalue weighted by molar-refractivity contribution is 1.01. The van der Waals surface area contributed by atoms with Gasteiger partial charge in [0.25, 0.3) is 0 Å². The second-order valence-corrected chi connectivity index (χ2v) is 5.20. The summed E-state index contributed by atoms with van der Waals surface area (Å²) in [6.45, 7) is 2.73. The summed E-state index contributed by atoms with van der Waals surface area (Å²) in [6, 6.07) is 8.12. The van der Waals surface area contributed by atoms with Crippen LogP contribution < -0.4 is 5.32 Å². The molecule has 5 heteroatoms. The molecule has 2 heterocycles. The number of nitrogens with zero attached hydrogens (tertiary/aromatic N) is 3. The average molecular weight is 256 g/mol. The van der Waals surface area contributed by atoms with Gasteiger partial charge in [0.2, 0.25) is 0 Å². The number of aromatic nitrogens is 3.